The molecule has 1 aliphatic heterocycles. The lowest BCUT2D eigenvalue weighted by Gasteiger charge is -2.40. The molecule has 0 bridgehead atoms. The zero-order valence-corrected chi connectivity index (χ0v) is 18.0. The number of pyridine rings is 1. The molecule has 2 N–H and O–H groups in total. The molecule has 1 saturated heterocycles. The number of carbonyl (C=O) groups is 1. The number of halogens is 2. The Morgan fingerprint density at radius 1 is 1.06 bits per heavy atom. The minimum absolute atomic E-state index is 0.129. The summed E-state index contributed by atoms with van der Waals surface area (Å²) in [6.45, 7) is 2.10. The Bertz CT molecular complexity index is 1050. The van der Waals surface area contributed by atoms with Crippen molar-refractivity contribution in [3.05, 3.63) is 89.0 Å². The molecule has 4 rings (SSSR count). The summed E-state index contributed by atoms with van der Waals surface area (Å²) < 4.78 is 13.7. The number of primary amides is 1. The van der Waals surface area contributed by atoms with E-state index in [-0.39, 0.29) is 10.9 Å². The van der Waals surface area contributed by atoms with Gasteiger partial charge in [0, 0.05) is 18.9 Å². The van der Waals surface area contributed by atoms with Crippen molar-refractivity contribution >= 4 is 17.5 Å². The van der Waals surface area contributed by atoms with Gasteiger partial charge in [0.25, 0.3) is 0 Å². The summed E-state index contributed by atoms with van der Waals surface area (Å²) in [5.74, 6) is -0.654. The van der Waals surface area contributed by atoms with Gasteiger partial charge < -0.3 is 5.73 Å². The molecule has 1 amide bonds. The number of nitrogens with zero attached hydrogens (tertiary/aromatic N) is 2. The number of amides is 1. The van der Waals surface area contributed by atoms with Crippen LogP contribution >= 0.6 is 11.6 Å². The molecule has 0 unspecified atom stereocenters. The number of piperidine rings is 1. The molecule has 6 heteroatoms. The first-order valence-corrected chi connectivity index (χ1v) is 10.8. The van der Waals surface area contributed by atoms with Gasteiger partial charge in [-0.1, -0.05) is 48.0 Å². The van der Waals surface area contributed by atoms with Crippen molar-refractivity contribution in [2.24, 2.45) is 11.1 Å². The van der Waals surface area contributed by atoms with Crippen LogP contribution in [0, 0.1) is 11.2 Å². The third-order valence-corrected chi connectivity index (χ3v) is 6.52. The maximum Gasteiger partial charge on any atom is 0.224 e. The Kier molecular flexibility index (Phi) is 6.35. The highest BCUT2D eigenvalue weighted by molar-refractivity contribution is 6.30. The largest absolute Gasteiger partial charge is 0.369 e. The van der Waals surface area contributed by atoms with Crippen LogP contribution in [-0.4, -0.2) is 28.9 Å². The van der Waals surface area contributed by atoms with Crippen molar-refractivity contribution in [2.45, 2.75) is 25.8 Å². The predicted molar refractivity (Wildman–Crippen MR) is 121 cm³/mol. The molecule has 3 aromatic rings. The number of hydrogen-bond acceptors (Lipinski definition) is 3. The van der Waals surface area contributed by atoms with Gasteiger partial charge in [-0.05, 0) is 72.8 Å². The molecule has 1 fully saturated rings. The molecule has 0 aliphatic carbocycles. The summed E-state index contributed by atoms with van der Waals surface area (Å²) >= 11 is 5.77. The topological polar surface area (TPSA) is 59.2 Å². The van der Waals surface area contributed by atoms with Gasteiger partial charge in [-0.3, -0.25) is 14.7 Å². The van der Waals surface area contributed by atoms with Crippen LogP contribution in [0.25, 0.3) is 11.1 Å². The average molecular weight is 438 g/mol. The molecule has 0 spiro atoms. The van der Waals surface area contributed by atoms with Crippen LogP contribution in [0.15, 0.2) is 67.0 Å². The maximum atomic E-state index is 13.7. The standard InChI is InChI=1S/C25H25ClFN3O/c26-22-8-5-19(14-23(22)27)17-30-12-9-25(10-13-30,24(28)31)15-18-3-6-20(7-4-18)21-2-1-11-29-16-21/h1-8,11,14,16H,9-10,12-13,15,17H2,(H2,28,31). The first-order chi connectivity index (χ1) is 14.9. The molecule has 160 valence electrons. The minimum atomic E-state index is -0.558. The number of rotatable bonds is 6. The Morgan fingerprint density at radius 3 is 2.39 bits per heavy atom. The van der Waals surface area contributed by atoms with E-state index in [1.54, 1.807) is 12.3 Å². The van der Waals surface area contributed by atoms with Gasteiger partial charge in [0.05, 0.1) is 10.4 Å². The zero-order valence-electron chi connectivity index (χ0n) is 17.2. The highest BCUT2D eigenvalue weighted by atomic mass is 35.5. The number of carbonyl (C=O) groups excluding carboxylic acids is 1. The van der Waals surface area contributed by atoms with Crippen molar-refractivity contribution in [3.63, 3.8) is 0 Å². The van der Waals surface area contributed by atoms with Crippen molar-refractivity contribution in [1.82, 2.24) is 9.88 Å². The van der Waals surface area contributed by atoms with E-state index >= 15 is 0 Å². The number of benzene rings is 2. The average Bonchev–Trinajstić information content (AvgIpc) is 2.79. The van der Waals surface area contributed by atoms with Crippen LogP contribution in [-0.2, 0) is 17.8 Å². The third-order valence-electron chi connectivity index (χ3n) is 6.22. The molecule has 31 heavy (non-hydrogen) atoms. The lowest BCUT2D eigenvalue weighted by atomic mass is 9.73. The van der Waals surface area contributed by atoms with Gasteiger partial charge in [-0.2, -0.15) is 0 Å². The number of aromatic nitrogens is 1. The Morgan fingerprint density at radius 2 is 1.77 bits per heavy atom. The van der Waals surface area contributed by atoms with E-state index in [2.05, 4.69) is 34.1 Å². The van der Waals surface area contributed by atoms with Crippen LogP contribution in [0.1, 0.15) is 24.0 Å². The van der Waals surface area contributed by atoms with Crippen LogP contribution in [0.3, 0.4) is 0 Å². The summed E-state index contributed by atoms with van der Waals surface area (Å²) in [6.07, 6.45) is 5.58. The molecule has 0 saturated carbocycles. The van der Waals surface area contributed by atoms with Gasteiger partial charge in [0.2, 0.25) is 5.91 Å². The van der Waals surface area contributed by atoms with Crippen molar-refractivity contribution in [2.75, 3.05) is 13.1 Å². The minimum Gasteiger partial charge on any atom is -0.369 e. The molecule has 2 heterocycles. The van der Waals surface area contributed by atoms with Crippen LogP contribution in [0.5, 0.6) is 0 Å². The summed E-state index contributed by atoms with van der Waals surface area (Å²) in [5, 5.41) is 0.129. The summed E-state index contributed by atoms with van der Waals surface area (Å²) in [4.78, 5) is 18.8. The van der Waals surface area contributed by atoms with Crippen molar-refractivity contribution in [3.8, 4) is 11.1 Å². The fourth-order valence-electron chi connectivity index (χ4n) is 4.28. The molecule has 1 aliphatic rings. The van der Waals surface area contributed by atoms with Crippen LogP contribution in [0.4, 0.5) is 4.39 Å². The lowest BCUT2D eigenvalue weighted by Crippen LogP contribution is -2.48. The molecule has 2 aromatic carbocycles. The van der Waals surface area contributed by atoms with Crippen molar-refractivity contribution in [1.29, 1.82) is 0 Å². The lowest BCUT2D eigenvalue weighted by molar-refractivity contribution is -0.130. The Balaban J connectivity index is 1.42. The van der Waals surface area contributed by atoms with Gasteiger partial charge in [-0.25, -0.2) is 4.39 Å². The van der Waals surface area contributed by atoms with E-state index < -0.39 is 11.2 Å². The molecule has 0 radical (unpaired) electrons. The first kappa shape index (κ1) is 21.5. The summed E-state index contributed by atoms with van der Waals surface area (Å²) in [6, 6.07) is 17.1. The zero-order chi connectivity index (χ0) is 21.8. The highest BCUT2D eigenvalue weighted by Crippen LogP contribution is 2.36. The molecule has 1 aromatic heterocycles. The monoisotopic (exact) mass is 437 g/mol. The van der Waals surface area contributed by atoms with E-state index in [0.717, 1.165) is 35.3 Å². The van der Waals surface area contributed by atoms with Gasteiger partial charge >= 0.3 is 0 Å². The van der Waals surface area contributed by atoms with E-state index in [4.69, 9.17) is 17.3 Å². The smallest absolute Gasteiger partial charge is 0.224 e. The quantitative estimate of drug-likeness (QED) is 0.599. The molecule has 0 atom stereocenters. The van der Waals surface area contributed by atoms with Gasteiger partial charge in [0.1, 0.15) is 5.82 Å². The second kappa shape index (κ2) is 9.16. The van der Waals surface area contributed by atoms with E-state index in [9.17, 15) is 9.18 Å². The number of hydrogen-bond donors (Lipinski definition) is 1. The first-order valence-electron chi connectivity index (χ1n) is 10.4. The fourth-order valence-corrected chi connectivity index (χ4v) is 4.40. The summed E-state index contributed by atoms with van der Waals surface area (Å²) in [7, 11) is 0. The number of nitrogens with two attached hydrogens (primary N) is 1. The Labute approximate surface area is 186 Å². The highest BCUT2D eigenvalue weighted by Gasteiger charge is 2.39. The predicted octanol–water partition coefficient (Wildman–Crippen LogP) is 4.85. The molecule has 4 nitrogen and oxygen atoms in total. The van der Waals surface area contributed by atoms with E-state index in [1.165, 1.54) is 6.07 Å². The van der Waals surface area contributed by atoms with Gasteiger partial charge in [-0.15, -0.1) is 0 Å². The van der Waals surface area contributed by atoms with Crippen LogP contribution in [0.2, 0.25) is 5.02 Å². The van der Waals surface area contributed by atoms with Crippen molar-refractivity contribution < 1.29 is 9.18 Å². The van der Waals surface area contributed by atoms with E-state index in [0.29, 0.717) is 25.8 Å². The Hall–Kier alpha value is -2.76. The summed E-state index contributed by atoms with van der Waals surface area (Å²) in [5.41, 5.74) is 9.44. The molecular formula is C25H25ClFN3O. The second-order valence-corrected chi connectivity index (χ2v) is 8.69. The normalized spacial score (nSPS) is 16.2. The fraction of sp³-hybridized carbons (Fsp3) is 0.280. The molecular weight excluding hydrogens is 413 g/mol. The van der Waals surface area contributed by atoms with Gasteiger partial charge in [0.15, 0.2) is 0 Å². The van der Waals surface area contributed by atoms with Crippen LogP contribution < -0.4 is 5.73 Å². The second-order valence-electron chi connectivity index (χ2n) is 8.28. The third kappa shape index (κ3) is 4.94. The SMILES string of the molecule is NC(=O)C1(Cc2ccc(-c3cccnc3)cc2)CCN(Cc2ccc(Cl)c(F)c2)CC1. The van der Waals surface area contributed by atoms with E-state index in [1.807, 2.05) is 24.4 Å². The number of likely N-dealkylation sites (tertiary alicyclic amines) is 1. The maximum absolute atomic E-state index is 13.7.